The SMILES string of the molecule is CC.CC12CC3=C(C=C1CCCC2C(O)C#Cc1ccccc1)N(c1ccc(F)cc1)NC3. The average molecular weight is 445 g/mol. The smallest absolute Gasteiger partial charge is 0.123 e. The van der Waals surface area contributed by atoms with E-state index in [0.717, 1.165) is 43.5 Å². The first-order chi connectivity index (χ1) is 16.0. The number of hydrogen-bond acceptors (Lipinski definition) is 3. The summed E-state index contributed by atoms with van der Waals surface area (Å²) in [6.07, 6.45) is 5.64. The van der Waals surface area contributed by atoms with Crippen LogP contribution in [-0.2, 0) is 0 Å². The summed E-state index contributed by atoms with van der Waals surface area (Å²) in [4.78, 5) is 0. The largest absolute Gasteiger partial charge is 0.380 e. The first kappa shape index (κ1) is 23.3. The van der Waals surface area contributed by atoms with Gasteiger partial charge in [-0.15, -0.1) is 0 Å². The highest BCUT2D eigenvalue weighted by Crippen LogP contribution is 2.54. The highest BCUT2D eigenvalue weighted by atomic mass is 19.1. The molecule has 0 saturated heterocycles. The van der Waals surface area contributed by atoms with Gasteiger partial charge in [0.15, 0.2) is 0 Å². The van der Waals surface area contributed by atoms with Crippen LogP contribution in [0.25, 0.3) is 0 Å². The van der Waals surface area contributed by atoms with Gasteiger partial charge in [-0.05, 0) is 79.1 Å². The maximum Gasteiger partial charge on any atom is 0.123 e. The van der Waals surface area contributed by atoms with Crippen molar-refractivity contribution in [3.8, 4) is 11.8 Å². The minimum absolute atomic E-state index is 0.0949. The zero-order valence-electron chi connectivity index (χ0n) is 19.7. The zero-order chi connectivity index (χ0) is 23.4. The van der Waals surface area contributed by atoms with Crippen molar-refractivity contribution in [2.24, 2.45) is 11.3 Å². The average Bonchev–Trinajstić information content (AvgIpc) is 3.24. The van der Waals surface area contributed by atoms with E-state index in [-0.39, 0.29) is 17.2 Å². The van der Waals surface area contributed by atoms with Crippen molar-refractivity contribution in [3.63, 3.8) is 0 Å². The maximum atomic E-state index is 13.4. The highest BCUT2D eigenvalue weighted by molar-refractivity contribution is 5.59. The first-order valence-electron chi connectivity index (χ1n) is 12.0. The lowest BCUT2D eigenvalue weighted by Crippen LogP contribution is -2.42. The van der Waals surface area contributed by atoms with Gasteiger partial charge in [0, 0.05) is 18.0 Å². The van der Waals surface area contributed by atoms with Crippen molar-refractivity contribution >= 4 is 5.69 Å². The molecule has 3 atom stereocenters. The Bertz CT molecular complexity index is 1090. The van der Waals surface area contributed by atoms with Gasteiger partial charge in [0.1, 0.15) is 11.9 Å². The van der Waals surface area contributed by atoms with Gasteiger partial charge in [0.25, 0.3) is 0 Å². The summed E-state index contributed by atoms with van der Waals surface area (Å²) in [5.41, 5.74) is 9.13. The number of nitrogens with zero attached hydrogens (tertiary/aromatic N) is 1. The fourth-order valence-corrected chi connectivity index (χ4v) is 5.38. The fraction of sp³-hybridized carbons (Fsp3) is 0.379. The summed E-state index contributed by atoms with van der Waals surface area (Å²) < 4.78 is 13.4. The molecule has 0 spiro atoms. The van der Waals surface area contributed by atoms with Crippen LogP contribution in [-0.4, -0.2) is 17.8 Å². The molecule has 1 aliphatic heterocycles. The van der Waals surface area contributed by atoms with E-state index in [0.29, 0.717) is 0 Å². The van der Waals surface area contributed by atoms with Crippen LogP contribution < -0.4 is 10.4 Å². The molecule has 33 heavy (non-hydrogen) atoms. The number of fused-ring (bicyclic) bond motifs is 1. The third kappa shape index (κ3) is 4.62. The lowest BCUT2D eigenvalue weighted by atomic mass is 9.58. The topological polar surface area (TPSA) is 35.5 Å². The molecule has 0 bridgehead atoms. The Morgan fingerprint density at radius 2 is 1.85 bits per heavy atom. The molecular formula is C29H33FN2O. The Morgan fingerprint density at radius 3 is 2.58 bits per heavy atom. The van der Waals surface area contributed by atoms with Crippen molar-refractivity contribution < 1.29 is 9.50 Å². The number of nitrogens with one attached hydrogen (secondary N) is 1. The molecule has 3 unspecified atom stereocenters. The molecule has 5 rings (SSSR count). The molecule has 0 radical (unpaired) electrons. The molecule has 172 valence electrons. The molecule has 0 amide bonds. The number of hydrazine groups is 1. The fourth-order valence-electron chi connectivity index (χ4n) is 5.38. The molecule has 3 nitrogen and oxygen atoms in total. The van der Waals surface area contributed by atoms with E-state index in [4.69, 9.17) is 0 Å². The van der Waals surface area contributed by atoms with Crippen molar-refractivity contribution in [2.45, 2.75) is 52.6 Å². The summed E-state index contributed by atoms with van der Waals surface area (Å²) in [5, 5.41) is 13.1. The predicted molar refractivity (Wildman–Crippen MR) is 133 cm³/mol. The number of allylic oxidation sites excluding steroid dienone is 2. The van der Waals surface area contributed by atoms with E-state index in [1.54, 1.807) is 12.1 Å². The van der Waals surface area contributed by atoms with Gasteiger partial charge in [-0.25, -0.2) is 9.82 Å². The summed E-state index contributed by atoms with van der Waals surface area (Å²) in [6, 6.07) is 16.4. The van der Waals surface area contributed by atoms with E-state index in [1.807, 2.05) is 44.2 Å². The third-order valence-corrected chi connectivity index (χ3v) is 7.06. The number of benzene rings is 2. The minimum Gasteiger partial charge on any atom is -0.380 e. The molecule has 2 aliphatic carbocycles. The van der Waals surface area contributed by atoms with Gasteiger partial charge in [-0.3, -0.25) is 5.01 Å². The van der Waals surface area contributed by atoms with Gasteiger partial charge in [0.2, 0.25) is 0 Å². The minimum atomic E-state index is -0.654. The van der Waals surface area contributed by atoms with Crippen molar-refractivity contribution in [1.29, 1.82) is 0 Å². The van der Waals surface area contributed by atoms with Crippen LogP contribution in [0.1, 0.15) is 52.0 Å². The number of aliphatic hydroxyl groups is 1. The van der Waals surface area contributed by atoms with E-state index in [9.17, 15) is 9.50 Å². The summed E-state index contributed by atoms with van der Waals surface area (Å²) in [7, 11) is 0. The Balaban J connectivity index is 0.00000126. The van der Waals surface area contributed by atoms with E-state index in [2.05, 4.69) is 35.3 Å². The number of aliphatic hydroxyl groups excluding tert-OH is 1. The summed E-state index contributed by atoms with van der Waals surface area (Å²) >= 11 is 0. The first-order valence-corrected chi connectivity index (χ1v) is 12.0. The van der Waals surface area contributed by atoms with Crippen LogP contribution in [0, 0.1) is 29.0 Å². The van der Waals surface area contributed by atoms with Crippen molar-refractivity contribution in [2.75, 3.05) is 11.6 Å². The Morgan fingerprint density at radius 1 is 1.12 bits per heavy atom. The van der Waals surface area contributed by atoms with E-state index in [1.165, 1.54) is 29.0 Å². The van der Waals surface area contributed by atoms with Gasteiger partial charge in [-0.2, -0.15) is 0 Å². The second-order valence-corrected chi connectivity index (χ2v) is 8.98. The molecule has 1 saturated carbocycles. The summed E-state index contributed by atoms with van der Waals surface area (Å²) in [6.45, 7) is 7.06. The van der Waals surface area contributed by atoms with Crippen molar-refractivity contribution in [3.05, 3.63) is 88.9 Å². The molecule has 0 aromatic heterocycles. The predicted octanol–water partition coefficient (Wildman–Crippen LogP) is 5.98. The normalized spacial score (nSPS) is 24.5. The van der Waals surface area contributed by atoms with E-state index >= 15 is 0 Å². The maximum absolute atomic E-state index is 13.4. The molecular weight excluding hydrogens is 411 g/mol. The second kappa shape index (κ2) is 9.95. The Labute approximate surface area is 197 Å². The van der Waals surface area contributed by atoms with Crippen LogP contribution in [0.15, 0.2) is 77.5 Å². The second-order valence-electron chi connectivity index (χ2n) is 8.98. The Hall–Kier alpha value is -2.87. The van der Waals surface area contributed by atoms with Crippen molar-refractivity contribution in [1.82, 2.24) is 5.43 Å². The lowest BCUT2D eigenvalue weighted by Gasteiger charge is -2.47. The number of anilines is 1. The highest BCUT2D eigenvalue weighted by Gasteiger charge is 2.47. The number of hydrogen-bond donors (Lipinski definition) is 2. The number of rotatable bonds is 2. The van der Waals surface area contributed by atoms with Gasteiger partial charge in [0.05, 0.1) is 11.4 Å². The molecule has 3 aliphatic rings. The molecule has 2 aromatic carbocycles. The van der Waals surface area contributed by atoms with Crippen LogP contribution in [0.4, 0.5) is 10.1 Å². The molecule has 4 heteroatoms. The van der Waals surface area contributed by atoms with Crippen LogP contribution >= 0.6 is 0 Å². The molecule has 2 N–H and O–H groups in total. The molecule has 2 aromatic rings. The standard InChI is InChI=1S/C27H27FN2O.C2H6/c1-27-17-20-18-29-30(23-13-11-22(28)12-14-23)25(20)16-21(27)8-5-9-24(27)26(31)15-10-19-6-3-2-4-7-19;1-2/h2-4,6-7,11-14,16,24,26,29,31H,5,8-9,17-18H2,1H3;1-2H3. The van der Waals surface area contributed by atoms with E-state index < -0.39 is 6.10 Å². The van der Waals surface area contributed by atoms with Gasteiger partial charge < -0.3 is 5.11 Å². The lowest BCUT2D eigenvalue weighted by molar-refractivity contribution is 0.0578. The van der Waals surface area contributed by atoms with Gasteiger partial charge in [-0.1, -0.05) is 56.4 Å². The van der Waals surface area contributed by atoms with Gasteiger partial charge >= 0.3 is 0 Å². The number of halogens is 1. The molecule has 1 heterocycles. The van der Waals surface area contributed by atoms with Crippen LogP contribution in [0.5, 0.6) is 0 Å². The summed E-state index contributed by atoms with van der Waals surface area (Å²) in [5.74, 6) is 6.16. The molecule has 1 fully saturated rings. The zero-order valence-corrected chi connectivity index (χ0v) is 19.7. The monoisotopic (exact) mass is 444 g/mol. The quantitative estimate of drug-likeness (QED) is 0.560. The third-order valence-electron chi connectivity index (χ3n) is 7.06. The van der Waals surface area contributed by atoms with Crippen LogP contribution in [0.3, 0.4) is 0 Å². The Kier molecular flexibility index (Phi) is 7.02. The van der Waals surface area contributed by atoms with Crippen LogP contribution in [0.2, 0.25) is 0 Å².